The summed E-state index contributed by atoms with van der Waals surface area (Å²) in [4.78, 5) is 0. The zero-order chi connectivity index (χ0) is 10.4. The zero-order valence-electron chi connectivity index (χ0n) is 9.42. The van der Waals surface area contributed by atoms with Gasteiger partial charge in [-0.3, -0.25) is 0 Å². The molecule has 0 spiro atoms. The largest absolute Gasteiger partial charge is 0.319 e. The second-order valence-corrected chi connectivity index (χ2v) is 5.72. The molecule has 0 amide bonds. The maximum atomic E-state index is 3.33. The molecular formula is C14H19N. The van der Waals surface area contributed by atoms with E-state index in [9.17, 15) is 0 Å². The highest BCUT2D eigenvalue weighted by Gasteiger charge is 2.66. The number of rotatable bonds is 4. The van der Waals surface area contributed by atoms with Crippen LogP contribution in [0.1, 0.15) is 24.8 Å². The molecule has 0 radical (unpaired) electrons. The molecule has 1 aromatic carbocycles. The third-order valence-corrected chi connectivity index (χ3v) is 4.22. The van der Waals surface area contributed by atoms with Crippen LogP contribution in [0.4, 0.5) is 0 Å². The maximum absolute atomic E-state index is 3.33. The van der Waals surface area contributed by atoms with Crippen molar-refractivity contribution >= 4 is 0 Å². The van der Waals surface area contributed by atoms with Gasteiger partial charge in [0.05, 0.1) is 0 Å². The first-order valence-electron chi connectivity index (χ1n) is 5.95. The van der Waals surface area contributed by atoms with Gasteiger partial charge in [-0.15, -0.1) is 0 Å². The summed E-state index contributed by atoms with van der Waals surface area (Å²) in [6.45, 7) is 1.23. The molecule has 2 bridgehead atoms. The molecule has 4 rings (SSSR count). The van der Waals surface area contributed by atoms with Crippen LogP contribution < -0.4 is 5.32 Å². The van der Waals surface area contributed by atoms with Crippen molar-refractivity contribution in [1.82, 2.24) is 5.32 Å². The van der Waals surface area contributed by atoms with Crippen LogP contribution in [-0.4, -0.2) is 13.6 Å². The van der Waals surface area contributed by atoms with Crippen molar-refractivity contribution < 1.29 is 0 Å². The van der Waals surface area contributed by atoms with E-state index < -0.39 is 0 Å². The molecule has 3 saturated carbocycles. The van der Waals surface area contributed by atoms with E-state index in [0.717, 1.165) is 0 Å². The Morgan fingerprint density at radius 1 is 1.07 bits per heavy atom. The highest BCUT2D eigenvalue weighted by molar-refractivity contribution is 5.25. The zero-order valence-corrected chi connectivity index (χ0v) is 9.42. The third-order valence-electron chi connectivity index (χ3n) is 4.22. The monoisotopic (exact) mass is 201 g/mol. The molecule has 15 heavy (non-hydrogen) atoms. The molecule has 0 atom stereocenters. The Labute approximate surface area is 91.9 Å². The number of hydrogen-bond acceptors (Lipinski definition) is 1. The van der Waals surface area contributed by atoms with Gasteiger partial charge >= 0.3 is 0 Å². The minimum Gasteiger partial charge on any atom is -0.319 e. The Hall–Kier alpha value is -0.820. The van der Waals surface area contributed by atoms with Gasteiger partial charge in [-0.2, -0.15) is 0 Å². The van der Waals surface area contributed by atoms with Gasteiger partial charge in [0.1, 0.15) is 0 Å². The molecule has 1 aromatic rings. The Balaban J connectivity index is 1.61. The lowest BCUT2D eigenvalue weighted by Crippen LogP contribution is -2.65. The van der Waals surface area contributed by atoms with Crippen molar-refractivity contribution in [3.05, 3.63) is 35.9 Å². The van der Waals surface area contributed by atoms with Crippen LogP contribution in [0.3, 0.4) is 0 Å². The van der Waals surface area contributed by atoms with E-state index in [2.05, 4.69) is 42.7 Å². The molecule has 0 saturated heterocycles. The van der Waals surface area contributed by atoms with Crippen LogP contribution in [0.15, 0.2) is 30.3 Å². The molecule has 1 nitrogen and oxygen atoms in total. The van der Waals surface area contributed by atoms with Crippen LogP contribution in [-0.2, 0) is 6.42 Å². The summed E-state index contributed by atoms with van der Waals surface area (Å²) < 4.78 is 0. The summed E-state index contributed by atoms with van der Waals surface area (Å²) in [5.74, 6) is 0. The highest BCUT2D eigenvalue weighted by atomic mass is 14.9. The molecule has 1 heteroatoms. The van der Waals surface area contributed by atoms with Crippen LogP contribution in [0.2, 0.25) is 0 Å². The minimum absolute atomic E-state index is 0.693. The quantitative estimate of drug-likeness (QED) is 0.789. The van der Waals surface area contributed by atoms with E-state index in [1.807, 2.05) is 0 Å². The van der Waals surface area contributed by atoms with Crippen molar-refractivity contribution in [2.45, 2.75) is 25.7 Å². The summed E-state index contributed by atoms with van der Waals surface area (Å²) in [6, 6.07) is 11.0. The van der Waals surface area contributed by atoms with Crippen LogP contribution in [0.25, 0.3) is 0 Å². The van der Waals surface area contributed by atoms with Crippen molar-refractivity contribution in [1.29, 1.82) is 0 Å². The Morgan fingerprint density at radius 3 is 2.33 bits per heavy atom. The number of nitrogens with one attached hydrogen (secondary N) is 1. The van der Waals surface area contributed by atoms with E-state index in [1.54, 1.807) is 0 Å². The Kier molecular flexibility index (Phi) is 1.93. The Morgan fingerprint density at radius 2 is 1.73 bits per heavy atom. The normalized spacial score (nSPS) is 36.9. The summed E-state index contributed by atoms with van der Waals surface area (Å²) in [5.41, 5.74) is 2.91. The van der Waals surface area contributed by atoms with Gasteiger partial charge < -0.3 is 5.32 Å². The molecule has 0 heterocycles. The maximum Gasteiger partial charge on any atom is 0.000543 e. The molecule has 1 N–H and O–H groups in total. The number of benzene rings is 1. The molecular weight excluding hydrogens is 182 g/mol. The van der Waals surface area contributed by atoms with E-state index >= 15 is 0 Å². The predicted molar refractivity (Wildman–Crippen MR) is 62.8 cm³/mol. The molecule has 3 aliphatic carbocycles. The van der Waals surface area contributed by atoms with Gasteiger partial charge in [-0.25, -0.2) is 0 Å². The van der Waals surface area contributed by atoms with Gasteiger partial charge in [0.15, 0.2) is 0 Å². The Bertz CT molecular complexity index is 335. The van der Waals surface area contributed by atoms with Crippen molar-refractivity contribution in [3.63, 3.8) is 0 Å². The first-order chi connectivity index (χ1) is 7.26. The molecule has 3 fully saturated rings. The SMILES string of the molecule is CNCC12CC(Cc3ccccc3)(C1)C2. The second kappa shape index (κ2) is 3.08. The van der Waals surface area contributed by atoms with Gasteiger partial charge in [-0.1, -0.05) is 30.3 Å². The van der Waals surface area contributed by atoms with E-state index in [1.165, 1.54) is 37.8 Å². The van der Waals surface area contributed by atoms with E-state index in [-0.39, 0.29) is 0 Å². The first kappa shape index (κ1) is 9.41. The molecule has 0 aliphatic heterocycles. The summed E-state index contributed by atoms with van der Waals surface area (Å²) in [7, 11) is 2.07. The third kappa shape index (κ3) is 1.41. The summed E-state index contributed by atoms with van der Waals surface area (Å²) in [6.07, 6.45) is 5.67. The molecule has 3 aliphatic rings. The average molecular weight is 201 g/mol. The van der Waals surface area contributed by atoms with Crippen molar-refractivity contribution in [2.75, 3.05) is 13.6 Å². The van der Waals surface area contributed by atoms with Gasteiger partial charge in [0.25, 0.3) is 0 Å². The second-order valence-electron chi connectivity index (χ2n) is 5.72. The lowest BCUT2D eigenvalue weighted by Gasteiger charge is -2.71. The summed E-state index contributed by atoms with van der Waals surface area (Å²) in [5, 5.41) is 3.33. The molecule has 0 unspecified atom stereocenters. The van der Waals surface area contributed by atoms with Crippen molar-refractivity contribution in [2.24, 2.45) is 10.8 Å². The molecule has 0 aromatic heterocycles. The smallest absolute Gasteiger partial charge is 0.000543 e. The van der Waals surface area contributed by atoms with E-state index in [4.69, 9.17) is 0 Å². The van der Waals surface area contributed by atoms with Gasteiger partial charge in [0.2, 0.25) is 0 Å². The van der Waals surface area contributed by atoms with Crippen LogP contribution in [0.5, 0.6) is 0 Å². The van der Waals surface area contributed by atoms with Crippen molar-refractivity contribution in [3.8, 4) is 0 Å². The van der Waals surface area contributed by atoms with Gasteiger partial charge in [-0.05, 0) is 49.1 Å². The van der Waals surface area contributed by atoms with E-state index in [0.29, 0.717) is 10.8 Å². The fourth-order valence-corrected chi connectivity index (χ4v) is 4.01. The van der Waals surface area contributed by atoms with Crippen LogP contribution >= 0.6 is 0 Å². The lowest BCUT2D eigenvalue weighted by atomic mass is 9.34. The van der Waals surface area contributed by atoms with Crippen LogP contribution in [0, 0.1) is 10.8 Å². The minimum atomic E-state index is 0.693. The van der Waals surface area contributed by atoms with Gasteiger partial charge in [0, 0.05) is 6.54 Å². The molecule has 80 valence electrons. The number of hydrogen-bond donors (Lipinski definition) is 1. The average Bonchev–Trinajstić information content (AvgIpc) is 2.14. The highest BCUT2D eigenvalue weighted by Crippen LogP contribution is 2.73. The standard InChI is InChI=1S/C14H19N/c1-15-11-14-8-13(9-14,10-14)7-12-5-3-2-4-6-12/h2-6,15H,7-11H2,1H3. The lowest BCUT2D eigenvalue weighted by molar-refractivity contribution is -0.198. The fraction of sp³-hybridized carbons (Fsp3) is 0.571. The predicted octanol–water partition coefficient (Wildman–Crippen LogP) is 2.62. The summed E-state index contributed by atoms with van der Waals surface area (Å²) >= 11 is 0. The topological polar surface area (TPSA) is 12.0 Å². The first-order valence-corrected chi connectivity index (χ1v) is 5.95. The fourth-order valence-electron chi connectivity index (χ4n) is 4.01.